The number of piperidine rings is 1. The van der Waals surface area contributed by atoms with Crippen LogP contribution in [-0.2, 0) is 11.3 Å². The molecule has 0 bridgehead atoms. The van der Waals surface area contributed by atoms with Gasteiger partial charge in [0.25, 0.3) is 0 Å². The van der Waals surface area contributed by atoms with E-state index >= 15 is 0 Å². The molecular weight excluding hydrogens is 376 g/mol. The van der Waals surface area contributed by atoms with Crippen molar-refractivity contribution in [3.05, 3.63) is 30.1 Å². The second-order valence-electron chi connectivity index (χ2n) is 8.49. The minimum atomic E-state index is 0.151. The zero-order chi connectivity index (χ0) is 21.3. The number of amides is 1. The van der Waals surface area contributed by atoms with Gasteiger partial charge in [0.2, 0.25) is 5.91 Å². The fourth-order valence-electron chi connectivity index (χ4n) is 3.86. The van der Waals surface area contributed by atoms with Crippen molar-refractivity contribution in [3.63, 3.8) is 0 Å². The summed E-state index contributed by atoms with van der Waals surface area (Å²) in [6.45, 7) is 5.39. The van der Waals surface area contributed by atoms with Gasteiger partial charge in [0.1, 0.15) is 5.82 Å². The minimum absolute atomic E-state index is 0.151. The topological polar surface area (TPSA) is 64.6 Å². The summed E-state index contributed by atoms with van der Waals surface area (Å²) in [6.07, 6.45) is 5.41. The molecule has 1 N–H and O–H groups in total. The molecule has 1 saturated heterocycles. The average Bonchev–Trinajstić information content (AvgIpc) is 2.75. The maximum Gasteiger partial charge on any atom is 0.224 e. The fourth-order valence-corrected chi connectivity index (χ4v) is 3.86. The fraction of sp³-hybridized carbons (Fsp3) is 0.609. The summed E-state index contributed by atoms with van der Waals surface area (Å²) in [5.74, 6) is 1.68. The average molecular weight is 413 g/mol. The van der Waals surface area contributed by atoms with Gasteiger partial charge in [-0.2, -0.15) is 0 Å². The number of fused-ring (bicyclic) bond motifs is 1. The Hall–Kier alpha value is -2.25. The number of carbonyl (C=O) groups is 1. The van der Waals surface area contributed by atoms with Crippen LogP contribution in [0.15, 0.2) is 24.3 Å². The van der Waals surface area contributed by atoms with Crippen LogP contribution in [0.2, 0.25) is 0 Å². The van der Waals surface area contributed by atoms with Crippen molar-refractivity contribution in [3.8, 4) is 0 Å². The van der Waals surface area contributed by atoms with Crippen LogP contribution in [0.25, 0.3) is 10.9 Å². The van der Waals surface area contributed by atoms with Crippen molar-refractivity contribution in [2.24, 2.45) is 0 Å². The predicted molar refractivity (Wildman–Crippen MR) is 123 cm³/mol. The Morgan fingerprint density at radius 1 is 1.10 bits per heavy atom. The van der Waals surface area contributed by atoms with Crippen molar-refractivity contribution < 1.29 is 4.79 Å². The van der Waals surface area contributed by atoms with Gasteiger partial charge < -0.3 is 20.0 Å². The number of para-hydroxylation sites is 1. The van der Waals surface area contributed by atoms with Crippen LogP contribution >= 0.6 is 0 Å². The van der Waals surface area contributed by atoms with E-state index in [-0.39, 0.29) is 5.91 Å². The van der Waals surface area contributed by atoms with Crippen molar-refractivity contribution in [1.82, 2.24) is 24.7 Å². The molecule has 0 saturated carbocycles. The number of nitrogens with zero attached hydrogens (tertiary/aromatic N) is 5. The molecule has 1 amide bonds. The molecule has 7 heteroatoms. The third-order valence-electron chi connectivity index (χ3n) is 5.62. The highest BCUT2D eigenvalue weighted by Gasteiger charge is 2.16. The number of aromatic nitrogens is 2. The lowest BCUT2D eigenvalue weighted by Crippen LogP contribution is -2.35. The van der Waals surface area contributed by atoms with E-state index in [0.29, 0.717) is 18.8 Å². The summed E-state index contributed by atoms with van der Waals surface area (Å²) >= 11 is 0. The summed E-state index contributed by atoms with van der Waals surface area (Å²) in [6, 6.07) is 8.04. The van der Waals surface area contributed by atoms with Gasteiger partial charge in [0, 0.05) is 31.9 Å². The lowest BCUT2D eigenvalue weighted by Gasteiger charge is -2.27. The van der Waals surface area contributed by atoms with Crippen LogP contribution < -0.4 is 5.32 Å². The molecule has 1 fully saturated rings. The second-order valence-corrected chi connectivity index (χ2v) is 8.49. The molecule has 164 valence electrons. The van der Waals surface area contributed by atoms with Gasteiger partial charge in [-0.05, 0) is 65.1 Å². The highest BCUT2D eigenvalue weighted by Crippen LogP contribution is 2.20. The van der Waals surface area contributed by atoms with Gasteiger partial charge >= 0.3 is 0 Å². The molecule has 1 aromatic carbocycles. The number of carbonyl (C=O) groups excluding carboxylic acids is 1. The predicted octanol–water partition coefficient (Wildman–Crippen LogP) is 2.83. The second kappa shape index (κ2) is 11.2. The molecule has 0 atom stereocenters. The van der Waals surface area contributed by atoms with E-state index in [1.165, 1.54) is 19.3 Å². The van der Waals surface area contributed by atoms with Crippen molar-refractivity contribution in [1.29, 1.82) is 0 Å². The molecule has 7 nitrogen and oxygen atoms in total. The van der Waals surface area contributed by atoms with Crippen LogP contribution in [0.3, 0.4) is 0 Å². The lowest BCUT2D eigenvalue weighted by molar-refractivity contribution is -0.130. The summed E-state index contributed by atoms with van der Waals surface area (Å²) in [7, 11) is 6.01. The molecule has 2 heterocycles. The van der Waals surface area contributed by atoms with Gasteiger partial charge in [-0.25, -0.2) is 9.97 Å². The molecule has 0 spiro atoms. The van der Waals surface area contributed by atoms with E-state index < -0.39 is 0 Å². The monoisotopic (exact) mass is 412 g/mol. The zero-order valence-electron chi connectivity index (χ0n) is 18.7. The Bertz CT molecular complexity index is 818. The SMILES string of the molecule is CN(C)CCCNc1nc(CN(C)C(=O)CCN2CCCCC2)nc2ccccc12. The molecule has 1 aliphatic rings. The van der Waals surface area contributed by atoms with Crippen LogP contribution in [0.5, 0.6) is 0 Å². The number of hydrogen-bond acceptors (Lipinski definition) is 6. The molecule has 0 unspecified atom stereocenters. The maximum atomic E-state index is 12.6. The van der Waals surface area contributed by atoms with Crippen molar-refractivity contribution >= 4 is 22.6 Å². The molecule has 2 aromatic rings. The van der Waals surface area contributed by atoms with E-state index in [1.54, 1.807) is 4.90 Å². The van der Waals surface area contributed by atoms with Gasteiger partial charge in [0.15, 0.2) is 5.82 Å². The number of benzene rings is 1. The summed E-state index contributed by atoms with van der Waals surface area (Å²) < 4.78 is 0. The minimum Gasteiger partial charge on any atom is -0.369 e. The van der Waals surface area contributed by atoms with E-state index in [2.05, 4.69) is 29.2 Å². The van der Waals surface area contributed by atoms with Crippen LogP contribution in [-0.4, -0.2) is 84.4 Å². The largest absolute Gasteiger partial charge is 0.369 e. The molecule has 1 aliphatic heterocycles. The van der Waals surface area contributed by atoms with Crippen molar-refractivity contribution in [2.45, 2.75) is 38.6 Å². The molecule has 0 radical (unpaired) electrons. The number of anilines is 1. The standard InChI is InChI=1S/C23H36N6O/c1-27(2)14-9-13-24-23-19-10-5-6-11-20(19)25-21(26-23)18-28(3)22(30)12-17-29-15-7-4-8-16-29/h5-6,10-11H,4,7-9,12-18H2,1-3H3,(H,24,25,26). The van der Waals surface area contributed by atoms with Crippen LogP contribution in [0.1, 0.15) is 37.9 Å². The zero-order valence-corrected chi connectivity index (χ0v) is 18.7. The summed E-state index contributed by atoms with van der Waals surface area (Å²) in [5.41, 5.74) is 0.909. The smallest absolute Gasteiger partial charge is 0.224 e. The van der Waals surface area contributed by atoms with E-state index in [0.717, 1.165) is 55.9 Å². The summed E-state index contributed by atoms with van der Waals surface area (Å²) in [5, 5.41) is 4.48. The quantitative estimate of drug-likeness (QED) is 0.606. The third kappa shape index (κ3) is 6.64. The number of likely N-dealkylation sites (tertiary alicyclic amines) is 1. The van der Waals surface area contributed by atoms with E-state index in [1.807, 2.05) is 31.3 Å². The maximum absolute atomic E-state index is 12.6. The highest BCUT2D eigenvalue weighted by atomic mass is 16.2. The Kier molecular flexibility index (Phi) is 8.39. The van der Waals surface area contributed by atoms with Gasteiger partial charge in [-0.1, -0.05) is 18.6 Å². The van der Waals surface area contributed by atoms with Gasteiger partial charge in [-0.3, -0.25) is 4.79 Å². The Morgan fingerprint density at radius 2 is 1.87 bits per heavy atom. The third-order valence-corrected chi connectivity index (χ3v) is 5.62. The number of hydrogen-bond donors (Lipinski definition) is 1. The molecule has 1 aromatic heterocycles. The Balaban J connectivity index is 1.61. The first kappa shape index (κ1) is 22.4. The first-order valence-electron chi connectivity index (χ1n) is 11.1. The first-order valence-corrected chi connectivity index (χ1v) is 11.1. The van der Waals surface area contributed by atoms with Crippen LogP contribution in [0, 0.1) is 0 Å². The Labute approximate surface area is 180 Å². The van der Waals surface area contributed by atoms with Crippen LogP contribution in [0.4, 0.5) is 5.82 Å². The van der Waals surface area contributed by atoms with E-state index in [4.69, 9.17) is 9.97 Å². The van der Waals surface area contributed by atoms with Gasteiger partial charge in [0.05, 0.1) is 12.1 Å². The molecule has 0 aliphatic carbocycles. The molecule has 3 rings (SSSR count). The number of nitrogens with one attached hydrogen (secondary N) is 1. The van der Waals surface area contributed by atoms with Crippen molar-refractivity contribution in [2.75, 3.05) is 59.2 Å². The first-order chi connectivity index (χ1) is 14.5. The molecule has 30 heavy (non-hydrogen) atoms. The number of rotatable bonds is 10. The lowest BCUT2D eigenvalue weighted by atomic mass is 10.1. The highest BCUT2D eigenvalue weighted by molar-refractivity contribution is 5.89. The normalized spacial score (nSPS) is 14.9. The molecular formula is C23H36N6O. The Morgan fingerprint density at radius 3 is 2.63 bits per heavy atom. The van der Waals surface area contributed by atoms with E-state index in [9.17, 15) is 4.79 Å². The summed E-state index contributed by atoms with van der Waals surface area (Å²) in [4.78, 5) is 28.4. The van der Waals surface area contributed by atoms with Gasteiger partial charge in [-0.15, -0.1) is 0 Å².